The van der Waals surface area contributed by atoms with Gasteiger partial charge in [0.15, 0.2) is 5.78 Å². The third kappa shape index (κ3) is 1.73. The van der Waals surface area contributed by atoms with E-state index in [1.54, 1.807) is 0 Å². The van der Waals surface area contributed by atoms with Crippen molar-refractivity contribution in [3.63, 3.8) is 0 Å². The van der Waals surface area contributed by atoms with E-state index in [-0.39, 0.29) is 17.2 Å². The lowest BCUT2D eigenvalue weighted by atomic mass is 9.76. The molecule has 0 radical (unpaired) electrons. The summed E-state index contributed by atoms with van der Waals surface area (Å²) in [5.41, 5.74) is 2.17. The summed E-state index contributed by atoms with van der Waals surface area (Å²) in [7, 11) is 0. The van der Waals surface area contributed by atoms with E-state index in [0.29, 0.717) is 6.42 Å². The Bertz CT molecular complexity index is 440. The predicted molar refractivity (Wildman–Crippen MR) is 65.8 cm³/mol. The number of hydrogen-bond acceptors (Lipinski definition) is 1. The van der Waals surface area contributed by atoms with E-state index in [2.05, 4.69) is 31.9 Å². The third-order valence-electron chi connectivity index (χ3n) is 3.39. The molecule has 0 spiro atoms. The van der Waals surface area contributed by atoms with Crippen molar-refractivity contribution in [3.8, 4) is 0 Å². The largest absolute Gasteiger partial charge is 0.344 e. The van der Waals surface area contributed by atoms with E-state index < -0.39 is 0 Å². The number of carbonyl (C=O) groups is 1. The van der Waals surface area contributed by atoms with Crippen molar-refractivity contribution in [1.82, 2.24) is 4.57 Å². The van der Waals surface area contributed by atoms with Crippen LogP contribution in [0.25, 0.3) is 0 Å². The zero-order valence-electron chi connectivity index (χ0n) is 10.3. The molecule has 0 amide bonds. The molecule has 2 rings (SSSR count). The first-order valence-electron chi connectivity index (χ1n) is 5.80. The van der Waals surface area contributed by atoms with Crippen molar-refractivity contribution in [2.75, 3.05) is 0 Å². The molecule has 1 atom stereocenters. The lowest BCUT2D eigenvalue weighted by Crippen LogP contribution is -2.28. The van der Waals surface area contributed by atoms with Crippen molar-refractivity contribution in [3.05, 3.63) is 36.2 Å². The highest BCUT2D eigenvalue weighted by Gasteiger charge is 2.33. The molecule has 1 aliphatic carbocycles. The molecule has 1 aliphatic rings. The van der Waals surface area contributed by atoms with E-state index in [1.807, 2.05) is 18.3 Å². The van der Waals surface area contributed by atoms with Gasteiger partial charge in [-0.3, -0.25) is 4.79 Å². The molecule has 86 valence electrons. The molecule has 0 fully saturated rings. The number of ketones is 1. The second-order valence-corrected chi connectivity index (χ2v) is 5.50. The molecule has 1 unspecified atom stereocenters. The Hall–Kier alpha value is -1.31. The molecule has 0 saturated heterocycles. The topological polar surface area (TPSA) is 22.0 Å². The van der Waals surface area contributed by atoms with Gasteiger partial charge in [0.05, 0.1) is 0 Å². The zero-order chi connectivity index (χ0) is 11.9. The number of carbonyl (C=O) groups excluding carboxylic acids is 1. The number of allylic oxidation sites excluding steroid dienone is 1. The molecule has 2 heteroatoms. The molecule has 0 bridgehead atoms. The molecule has 1 aromatic heterocycles. The number of nitrogens with zero attached hydrogens (tertiary/aromatic N) is 1. The Balaban J connectivity index is 2.49. The average molecular weight is 217 g/mol. The summed E-state index contributed by atoms with van der Waals surface area (Å²) in [6.07, 6.45) is 5.55. The van der Waals surface area contributed by atoms with Gasteiger partial charge in [0, 0.05) is 29.9 Å². The number of fused-ring (bicyclic) bond motifs is 1. The molecule has 0 saturated carbocycles. The molecular formula is C14H19NO. The maximum atomic E-state index is 12.0. The second-order valence-electron chi connectivity index (χ2n) is 5.50. The lowest BCUT2D eigenvalue weighted by molar-refractivity contribution is 0.0910. The number of aromatic nitrogens is 1. The molecule has 1 aromatic rings. The Morgan fingerprint density at radius 3 is 2.81 bits per heavy atom. The van der Waals surface area contributed by atoms with Gasteiger partial charge in [-0.1, -0.05) is 19.9 Å². The SMILES string of the molecule is C=CC(C)n1ccc2c1CC(C)(C)CC2=O. The molecule has 2 nitrogen and oxygen atoms in total. The van der Waals surface area contributed by atoms with E-state index in [1.165, 1.54) is 5.69 Å². The summed E-state index contributed by atoms with van der Waals surface area (Å²) >= 11 is 0. The van der Waals surface area contributed by atoms with Crippen molar-refractivity contribution in [2.24, 2.45) is 5.41 Å². The van der Waals surface area contributed by atoms with Crippen LogP contribution in [0.15, 0.2) is 24.9 Å². The molecule has 16 heavy (non-hydrogen) atoms. The summed E-state index contributed by atoms with van der Waals surface area (Å²) in [5.74, 6) is 0.279. The first-order chi connectivity index (χ1) is 7.44. The van der Waals surface area contributed by atoms with Crippen LogP contribution >= 0.6 is 0 Å². The highest BCUT2D eigenvalue weighted by atomic mass is 16.1. The van der Waals surface area contributed by atoms with Gasteiger partial charge in [-0.15, -0.1) is 6.58 Å². The number of hydrogen-bond donors (Lipinski definition) is 0. The van der Waals surface area contributed by atoms with E-state index in [9.17, 15) is 4.79 Å². The van der Waals surface area contributed by atoms with Crippen molar-refractivity contribution < 1.29 is 4.79 Å². The average Bonchev–Trinajstić information content (AvgIpc) is 2.58. The minimum Gasteiger partial charge on any atom is -0.344 e. The maximum absolute atomic E-state index is 12.0. The van der Waals surface area contributed by atoms with E-state index in [0.717, 1.165) is 12.0 Å². The molecule has 0 N–H and O–H groups in total. The third-order valence-corrected chi connectivity index (χ3v) is 3.39. The van der Waals surface area contributed by atoms with Crippen LogP contribution in [0, 0.1) is 5.41 Å². The quantitative estimate of drug-likeness (QED) is 0.696. The van der Waals surface area contributed by atoms with Crippen LogP contribution in [0.3, 0.4) is 0 Å². The standard InChI is InChI=1S/C14H19NO/c1-5-10(2)15-7-6-11-12(15)8-14(3,4)9-13(11)16/h5-7,10H,1,8-9H2,2-4H3. The predicted octanol–water partition coefficient (Wildman–Crippen LogP) is 3.39. The summed E-state index contributed by atoms with van der Waals surface area (Å²) in [4.78, 5) is 12.0. The number of Topliss-reactive ketones (excluding diaryl/α,β-unsaturated/α-hetero) is 1. The molecule has 1 heterocycles. The monoisotopic (exact) mass is 217 g/mol. The highest BCUT2D eigenvalue weighted by molar-refractivity contribution is 5.98. The Morgan fingerprint density at radius 2 is 2.19 bits per heavy atom. The van der Waals surface area contributed by atoms with Crippen LogP contribution in [0.4, 0.5) is 0 Å². The van der Waals surface area contributed by atoms with Crippen LogP contribution < -0.4 is 0 Å². The minimum absolute atomic E-state index is 0.0844. The Kier molecular flexibility index (Phi) is 2.53. The second kappa shape index (κ2) is 3.62. The Labute approximate surface area is 97.0 Å². The van der Waals surface area contributed by atoms with Gasteiger partial charge in [-0.25, -0.2) is 0 Å². The van der Waals surface area contributed by atoms with Gasteiger partial charge in [-0.2, -0.15) is 0 Å². The first-order valence-corrected chi connectivity index (χ1v) is 5.80. The number of rotatable bonds is 2. The van der Waals surface area contributed by atoms with Crippen LogP contribution in [0.1, 0.15) is 49.3 Å². The van der Waals surface area contributed by atoms with Gasteiger partial charge in [0.1, 0.15) is 0 Å². The van der Waals surface area contributed by atoms with Gasteiger partial charge >= 0.3 is 0 Å². The van der Waals surface area contributed by atoms with Gasteiger partial charge in [0.25, 0.3) is 0 Å². The van der Waals surface area contributed by atoms with Crippen LogP contribution in [0.2, 0.25) is 0 Å². The summed E-state index contributed by atoms with van der Waals surface area (Å²) < 4.78 is 2.17. The van der Waals surface area contributed by atoms with Crippen LogP contribution in [-0.2, 0) is 6.42 Å². The fourth-order valence-electron chi connectivity index (χ4n) is 2.46. The fourth-order valence-corrected chi connectivity index (χ4v) is 2.46. The molecule has 0 aromatic carbocycles. The first kappa shape index (κ1) is 11.2. The van der Waals surface area contributed by atoms with E-state index >= 15 is 0 Å². The van der Waals surface area contributed by atoms with Gasteiger partial charge in [-0.05, 0) is 24.8 Å². The van der Waals surface area contributed by atoms with Crippen molar-refractivity contribution >= 4 is 5.78 Å². The van der Waals surface area contributed by atoms with Gasteiger partial charge < -0.3 is 4.57 Å². The van der Waals surface area contributed by atoms with Crippen molar-refractivity contribution in [2.45, 2.75) is 39.7 Å². The molecule has 0 aliphatic heterocycles. The van der Waals surface area contributed by atoms with Crippen LogP contribution in [0.5, 0.6) is 0 Å². The maximum Gasteiger partial charge on any atom is 0.165 e. The van der Waals surface area contributed by atoms with Gasteiger partial charge in [0.2, 0.25) is 0 Å². The zero-order valence-corrected chi connectivity index (χ0v) is 10.3. The van der Waals surface area contributed by atoms with Crippen LogP contribution in [-0.4, -0.2) is 10.4 Å². The minimum atomic E-state index is 0.0844. The van der Waals surface area contributed by atoms with Crippen molar-refractivity contribution in [1.29, 1.82) is 0 Å². The fraction of sp³-hybridized carbons (Fsp3) is 0.500. The summed E-state index contributed by atoms with van der Waals surface area (Å²) in [6, 6.07) is 2.21. The summed E-state index contributed by atoms with van der Waals surface area (Å²) in [5, 5.41) is 0. The van der Waals surface area contributed by atoms with E-state index in [4.69, 9.17) is 0 Å². The lowest BCUT2D eigenvalue weighted by Gasteiger charge is -2.30. The smallest absolute Gasteiger partial charge is 0.165 e. The summed E-state index contributed by atoms with van der Waals surface area (Å²) in [6.45, 7) is 10.2. The normalized spacial score (nSPS) is 20.3. The molecular weight excluding hydrogens is 198 g/mol. The Morgan fingerprint density at radius 1 is 1.50 bits per heavy atom. The highest BCUT2D eigenvalue weighted by Crippen LogP contribution is 2.36.